The third-order valence-electron chi connectivity index (χ3n) is 1.17. The first kappa shape index (κ1) is 8.20. The minimum Gasteiger partial charge on any atom is -0.507 e. The van der Waals surface area contributed by atoms with Crippen LogP contribution in [0.3, 0.4) is 0 Å². The molecule has 0 fully saturated rings. The topological polar surface area (TPSA) is 37.3 Å². The van der Waals surface area contributed by atoms with E-state index in [-0.39, 0.29) is 15.8 Å². The summed E-state index contributed by atoms with van der Waals surface area (Å²) in [6.07, 6.45) is 0.465. The van der Waals surface area contributed by atoms with Gasteiger partial charge in [-0.25, -0.2) is 4.39 Å². The Kier molecular flexibility index (Phi) is 2.24. The molecule has 0 aromatic heterocycles. The van der Waals surface area contributed by atoms with Gasteiger partial charge in [-0.15, -0.1) is 0 Å². The number of hydrogen-bond donors (Lipinski definition) is 1. The number of aldehydes is 1. The van der Waals surface area contributed by atoms with Crippen molar-refractivity contribution in [1.29, 1.82) is 0 Å². The Hall–Kier alpha value is -0.900. The third-order valence-corrected chi connectivity index (χ3v) is 2.04. The average molecular weight is 219 g/mol. The smallest absolute Gasteiger partial charge is 0.151 e. The monoisotopic (exact) mass is 218 g/mol. The Morgan fingerprint density at radius 1 is 1.55 bits per heavy atom. The van der Waals surface area contributed by atoms with Crippen LogP contribution in [0.25, 0.3) is 0 Å². The first-order valence-corrected chi connectivity index (χ1v) is 3.57. The normalized spacial score (nSPS) is 9.64. The molecule has 0 aliphatic heterocycles. The molecular formula is C7H4BrFO2. The molecule has 0 radical (unpaired) electrons. The average Bonchev–Trinajstić information content (AvgIpc) is 1.96. The van der Waals surface area contributed by atoms with Crippen molar-refractivity contribution in [2.75, 3.05) is 0 Å². The summed E-state index contributed by atoms with van der Waals surface area (Å²) in [5, 5.41) is 8.97. The summed E-state index contributed by atoms with van der Waals surface area (Å²) < 4.78 is 12.7. The second kappa shape index (κ2) is 3.00. The van der Waals surface area contributed by atoms with Crippen molar-refractivity contribution in [3.8, 4) is 5.75 Å². The number of halogens is 2. The summed E-state index contributed by atoms with van der Waals surface area (Å²) in [6, 6.07) is 1.97. The highest BCUT2D eigenvalue weighted by Gasteiger charge is 2.05. The van der Waals surface area contributed by atoms with Crippen molar-refractivity contribution >= 4 is 22.2 Å². The SMILES string of the molecule is O=Cc1cc(F)cc(O)c1Br. The van der Waals surface area contributed by atoms with Gasteiger partial charge in [0, 0.05) is 11.6 Å². The molecule has 1 N–H and O–H groups in total. The summed E-state index contributed by atoms with van der Waals surface area (Å²) in [6.45, 7) is 0. The van der Waals surface area contributed by atoms with E-state index < -0.39 is 5.82 Å². The molecule has 1 rings (SSSR count). The van der Waals surface area contributed by atoms with Crippen LogP contribution in [0.5, 0.6) is 5.75 Å². The van der Waals surface area contributed by atoms with Crippen LogP contribution in [-0.2, 0) is 0 Å². The fourth-order valence-corrected chi connectivity index (χ4v) is 1.00. The number of benzene rings is 1. The maximum absolute atomic E-state index is 12.5. The Labute approximate surface area is 70.8 Å². The molecule has 1 aromatic carbocycles. The van der Waals surface area contributed by atoms with Gasteiger partial charge in [0.15, 0.2) is 6.29 Å². The number of phenolic OH excluding ortho intramolecular Hbond substituents is 1. The van der Waals surface area contributed by atoms with Crippen LogP contribution >= 0.6 is 15.9 Å². The number of phenols is 1. The fraction of sp³-hybridized carbons (Fsp3) is 0. The molecule has 0 bridgehead atoms. The van der Waals surface area contributed by atoms with Crippen LogP contribution in [0, 0.1) is 5.82 Å². The molecule has 58 valence electrons. The molecule has 0 aliphatic carbocycles. The van der Waals surface area contributed by atoms with Crippen LogP contribution < -0.4 is 0 Å². The van der Waals surface area contributed by atoms with Crippen LogP contribution in [0.2, 0.25) is 0 Å². The zero-order valence-electron chi connectivity index (χ0n) is 5.34. The van der Waals surface area contributed by atoms with E-state index in [1.807, 2.05) is 0 Å². The molecule has 11 heavy (non-hydrogen) atoms. The van der Waals surface area contributed by atoms with E-state index in [4.69, 9.17) is 5.11 Å². The highest BCUT2D eigenvalue weighted by Crippen LogP contribution is 2.27. The van der Waals surface area contributed by atoms with Gasteiger partial charge in [0.25, 0.3) is 0 Å². The minimum atomic E-state index is -0.632. The Morgan fingerprint density at radius 2 is 2.18 bits per heavy atom. The molecule has 4 heteroatoms. The van der Waals surface area contributed by atoms with Crippen molar-refractivity contribution < 1.29 is 14.3 Å². The largest absolute Gasteiger partial charge is 0.507 e. The predicted molar refractivity (Wildman–Crippen MR) is 41.2 cm³/mol. The van der Waals surface area contributed by atoms with E-state index in [1.54, 1.807) is 0 Å². The molecule has 0 atom stereocenters. The second-order valence-electron chi connectivity index (χ2n) is 1.95. The van der Waals surface area contributed by atoms with Crippen LogP contribution in [0.4, 0.5) is 4.39 Å². The molecule has 0 amide bonds. The highest BCUT2D eigenvalue weighted by molar-refractivity contribution is 9.10. The molecule has 0 aliphatic rings. The molecule has 1 aromatic rings. The van der Waals surface area contributed by atoms with E-state index >= 15 is 0 Å². The first-order chi connectivity index (χ1) is 5.15. The lowest BCUT2D eigenvalue weighted by atomic mass is 10.2. The third kappa shape index (κ3) is 1.57. The van der Waals surface area contributed by atoms with Crippen molar-refractivity contribution in [1.82, 2.24) is 0 Å². The van der Waals surface area contributed by atoms with Gasteiger partial charge in [0.1, 0.15) is 11.6 Å². The molecule has 0 saturated heterocycles. The van der Waals surface area contributed by atoms with E-state index in [9.17, 15) is 9.18 Å². The van der Waals surface area contributed by atoms with Gasteiger partial charge in [-0.1, -0.05) is 0 Å². The van der Waals surface area contributed by atoms with Gasteiger partial charge >= 0.3 is 0 Å². The maximum Gasteiger partial charge on any atom is 0.151 e. The zero-order chi connectivity index (χ0) is 8.43. The second-order valence-corrected chi connectivity index (χ2v) is 2.74. The number of carbonyl (C=O) groups is 1. The number of rotatable bonds is 1. The Balaban J connectivity index is 3.35. The molecule has 0 spiro atoms. The minimum absolute atomic E-state index is 0.0995. The van der Waals surface area contributed by atoms with E-state index in [2.05, 4.69) is 15.9 Å². The van der Waals surface area contributed by atoms with Gasteiger partial charge in [0.05, 0.1) is 4.47 Å². The van der Waals surface area contributed by atoms with Crippen molar-refractivity contribution in [2.24, 2.45) is 0 Å². The van der Waals surface area contributed by atoms with Gasteiger partial charge in [-0.05, 0) is 22.0 Å². The van der Waals surface area contributed by atoms with Gasteiger partial charge < -0.3 is 5.11 Å². The lowest BCUT2D eigenvalue weighted by Gasteiger charge is -1.98. The molecular weight excluding hydrogens is 215 g/mol. The number of aromatic hydroxyl groups is 1. The summed E-state index contributed by atoms with van der Waals surface area (Å²) in [4.78, 5) is 10.2. The summed E-state index contributed by atoms with van der Waals surface area (Å²) >= 11 is 2.93. The van der Waals surface area contributed by atoms with Crippen molar-refractivity contribution in [2.45, 2.75) is 0 Å². The quantitative estimate of drug-likeness (QED) is 0.734. The maximum atomic E-state index is 12.5. The van der Waals surface area contributed by atoms with Crippen LogP contribution in [0.15, 0.2) is 16.6 Å². The van der Waals surface area contributed by atoms with E-state index in [0.29, 0.717) is 6.29 Å². The van der Waals surface area contributed by atoms with Gasteiger partial charge in [-0.3, -0.25) is 4.79 Å². The number of carbonyl (C=O) groups excluding carboxylic acids is 1. The summed E-state index contributed by atoms with van der Waals surface area (Å²) in [5.41, 5.74) is 0.0995. The van der Waals surface area contributed by atoms with Gasteiger partial charge in [-0.2, -0.15) is 0 Å². The van der Waals surface area contributed by atoms with E-state index in [1.165, 1.54) is 0 Å². The van der Waals surface area contributed by atoms with Crippen LogP contribution in [-0.4, -0.2) is 11.4 Å². The number of hydrogen-bond acceptors (Lipinski definition) is 2. The van der Waals surface area contributed by atoms with Crippen molar-refractivity contribution in [3.63, 3.8) is 0 Å². The summed E-state index contributed by atoms with van der Waals surface area (Å²) in [5.74, 6) is -0.903. The first-order valence-electron chi connectivity index (χ1n) is 2.78. The fourth-order valence-electron chi connectivity index (χ4n) is 0.681. The Bertz CT molecular complexity index is 299. The Morgan fingerprint density at radius 3 is 2.73 bits per heavy atom. The predicted octanol–water partition coefficient (Wildman–Crippen LogP) is 2.11. The lowest BCUT2D eigenvalue weighted by Crippen LogP contribution is -1.85. The molecule has 0 saturated carbocycles. The van der Waals surface area contributed by atoms with E-state index in [0.717, 1.165) is 12.1 Å². The molecule has 0 unspecified atom stereocenters. The lowest BCUT2D eigenvalue weighted by molar-refractivity contribution is 0.112. The highest BCUT2D eigenvalue weighted by atomic mass is 79.9. The van der Waals surface area contributed by atoms with Gasteiger partial charge in [0.2, 0.25) is 0 Å². The molecule has 0 heterocycles. The standard InChI is InChI=1S/C7H4BrFO2/c8-7-4(3-10)1-5(9)2-6(7)11/h1-3,11H. The van der Waals surface area contributed by atoms with Crippen LogP contribution in [0.1, 0.15) is 10.4 Å². The zero-order valence-corrected chi connectivity index (χ0v) is 6.93. The summed E-state index contributed by atoms with van der Waals surface area (Å²) in [7, 11) is 0. The molecule has 2 nitrogen and oxygen atoms in total. The van der Waals surface area contributed by atoms with Crippen molar-refractivity contribution in [3.05, 3.63) is 28.0 Å².